The number of hydrogen-bond acceptors (Lipinski definition) is 1. The molecule has 2 heterocycles. The fourth-order valence-corrected chi connectivity index (χ4v) is 2.72. The molecular weight excluding hydrogens is 234 g/mol. The van der Waals surface area contributed by atoms with Crippen molar-refractivity contribution in [3.63, 3.8) is 0 Å². The van der Waals surface area contributed by atoms with Crippen LogP contribution in [0, 0.1) is 20.8 Å². The zero-order valence-electron chi connectivity index (χ0n) is 11.6. The zero-order chi connectivity index (χ0) is 13.6. The number of aromatic amines is 2. The van der Waals surface area contributed by atoms with Gasteiger partial charge in [0.05, 0.1) is 11.4 Å². The summed E-state index contributed by atoms with van der Waals surface area (Å²) in [6.07, 6.45) is 0. The first-order chi connectivity index (χ1) is 9.11. The van der Waals surface area contributed by atoms with Crippen LogP contribution in [-0.2, 0) is 6.54 Å². The maximum absolute atomic E-state index is 5.75. The number of aromatic nitrogens is 2. The lowest BCUT2D eigenvalue weighted by molar-refractivity contribution is 1.04. The normalized spacial score (nSPS) is 11.4. The van der Waals surface area contributed by atoms with Crippen molar-refractivity contribution in [3.8, 4) is 11.4 Å². The highest BCUT2D eigenvalue weighted by Gasteiger charge is 2.13. The molecule has 0 amide bonds. The summed E-state index contributed by atoms with van der Waals surface area (Å²) in [7, 11) is 0. The third-order valence-electron chi connectivity index (χ3n) is 3.91. The smallest absolute Gasteiger partial charge is 0.0660 e. The van der Waals surface area contributed by atoms with Gasteiger partial charge in [-0.25, -0.2) is 0 Å². The van der Waals surface area contributed by atoms with Crippen molar-refractivity contribution in [2.45, 2.75) is 27.3 Å². The predicted octanol–water partition coefficient (Wildman–Crippen LogP) is 3.55. The highest BCUT2D eigenvalue weighted by atomic mass is 14.8. The van der Waals surface area contributed by atoms with E-state index in [0.717, 1.165) is 17.1 Å². The molecule has 0 fully saturated rings. The van der Waals surface area contributed by atoms with Crippen molar-refractivity contribution < 1.29 is 0 Å². The van der Waals surface area contributed by atoms with Crippen molar-refractivity contribution in [1.82, 2.24) is 9.97 Å². The Morgan fingerprint density at radius 3 is 2.53 bits per heavy atom. The van der Waals surface area contributed by atoms with Gasteiger partial charge in [-0.2, -0.15) is 0 Å². The van der Waals surface area contributed by atoms with Gasteiger partial charge in [0.1, 0.15) is 0 Å². The molecule has 2 aromatic heterocycles. The van der Waals surface area contributed by atoms with Crippen LogP contribution in [0.4, 0.5) is 0 Å². The van der Waals surface area contributed by atoms with Gasteiger partial charge in [-0.1, -0.05) is 18.2 Å². The lowest BCUT2D eigenvalue weighted by atomic mass is 10.1. The topological polar surface area (TPSA) is 57.6 Å². The summed E-state index contributed by atoms with van der Waals surface area (Å²) in [4.78, 5) is 6.96. The molecule has 0 aliphatic carbocycles. The van der Waals surface area contributed by atoms with Crippen LogP contribution in [0.3, 0.4) is 0 Å². The van der Waals surface area contributed by atoms with Crippen molar-refractivity contribution in [2.24, 2.45) is 5.73 Å². The van der Waals surface area contributed by atoms with Crippen molar-refractivity contribution in [2.75, 3.05) is 0 Å². The molecule has 3 aromatic rings. The van der Waals surface area contributed by atoms with E-state index in [2.05, 4.69) is 55.0 Å². The van der Waals surface area contributed by atoms with Crippen LogP contribution in [0.5, 0.6) is 0 Å². The second-order valence-corrected chi connectivity index (χ2v) is 5.16. The third kappa shape index (κ3) is 1.78. The maximum atomic E-state index is 5.75. The second kappa shape index (κ2) is 4.28. The van der Waals surface area contributed by atoms with Crippen LogP contribution < -0.4 is 5.73 Å². The molecule has 3 nitrogen and oxygen atoms in total. The van der Waals surface area contributed by atoms with E-state index in [1.54, 1.807) is 0 Å². The summed E-state index contributed by atoms with van der Waals surface area (Å²) in [5.41, 5.74) is 14.1. The Hall–Kier alpha value is -2.00. The highest BCUT2D eigenvalue weighted by Crippen LogP contribution is 2.31. The molecule has 0 saturated carbocycles. The lowest BCUT2D eigenvalue weighted by Crippen LogP contribution is -1.95. The van der Waals surface area contributed by atoms with Crippen LogP contribution in [0.15, 0.2) is 24.3 Å². The van der Waals surface area contributed by atoms with E-state index in [9.17, 15) is 0 Å². The Labute approximate surface area is 112 Å². The summed E-state index contributed by atoms with van der Waals surface area (Å²) in [6.45, 7) is 6.93. The largest absolute Gasteiger partial charge is 0.357 e. The molecule has 0 radical (unpaired) electrons. The van der Waals surface area contributed by atoms with Gasteiger partial charge in [-0.15, -0.1) is 0 Å². The van der Waals surface area contributed by atoms with Crippen molar-refractivity contribution >= 4 is 10.9 Å². The lowest BCUT2D eigenvalue weighted by Gasteiger charge is -1.95. The van der Waals surface area contributed by atoms with Crippen LogP contribution >= 0.6 is 0 Å². The first kappa shape index (κ1) is 12.1. The Bertz CT molecular complexity index is 747. The van der Waals surface area contributed by atoms with Gasteiger partial charge in [0.25, 0.3) is 0 Å². The molecule has 19 heavy (non-hydrogen) atoms. The number of nitrogens with two attached hydrogens (primary N) is 1. The average Bonchev–Trinajstić information content (AvgIpc) is 2.92. The number of rotatable bonds is 2. The monoisotopic (exact) mass is 253 g/mol. The molecule has 3 rings (SSSR count). The minimum Gasteiger partial charge on any atom is -0.357 e. The Morgan fingerprint density at radius 2 is 1.89 bits per heavy atom. The Kier molecular flexibility index (Phi) is 2.72. The zero-order valence-corrected chi connectivity index (χ0v) is 11.6. The highest BCUT2D eigenvalue weighted by molar-refractivity contribution is 5.91. The van der Waals surface area contributed by atoms with E-state index in [1.165, 1.54) is 27.6 Å². The van der Waals surface area contributed by atoms with Crippen LogP contribution in [-0.4, -0.2) is 9.97 Å². The molecule has 0 spiro atoms. The fraction of sp³-hybridized carbons (Fsp3) is 0.250. The number of fused-ring (bicyclic) bond motifs is 1. The molecule has 1 aromatic carbocycles. The summed E-state index contributed by atoms with van der Waals surface area (Å²) in [6, 6.07) is 8.54. The molecule has 98 valence electrons. The Morgan fingerprint density at radius 1 is 1.11 bits per heavy atom. The van der Waals surface area contributed by atoms with Crippen LogP contribution in [0.1, 0.15) is 22.4 Å². The molecule has 0 atom stereocenters. The van der Waals surface area contributed by atoms with E-state index >= 15 is 0 Å². The molecule has 0 saturated heterocycles. The van der Waals surface area contributed by atoms with Crippen LogP contribution in [0.2, 0.25) is 0 Å². The van der Waals surface area contributed by atoms with E-state index in [1.807, 2.05) is 0 Å². The fourth-order valence-electron chi connectivity index (χ4n) is 2.72. The van der Waals surface area contributed by atoms with Gasteiger partial charge < -0.3 is 15.7 Å². The van der Waals surface area contributed by atoms with Gasteiger partial charge in [0, 0.05) is 23.1 Å². The number of nitrogens with one attached hydrogen (secondary N) is 2. The number of para-hydroxylation sites is 1. The summed E-state index contributed by atoms with van der Waals surface area (Å²) in [5.74, 6) is 0. The molecule has 0 unspecified atom stereocenters. The standard InChI is InChI=1S/C16H19N3/c1-9-5-4-6-13-10(2)16(19-15(9)13)14-7-12(8-17)11(3)18-14/h4-7,18-19H,8,17H2,1-3H3. The molecule has 0 aliphatic heterocycles. The van der Waals surface area contributed by atoms with E-state index < -0.39 is 0 Å². The van der Waals surface area contributed by atoms with Gasteiger partial charge in [-0.3, -0.25) is 0 Å². The molecule has 0 bridgehead atoms. The SMILES string of the molecule is Cc1[nH]c(-c2[nH]c3c(C)cccc3c2C)cc1CN. The quantitative estimate of drug-likeness (QED) is 0.642. The molecule has 4 N–H and O–H groups in total. The predicted molar refractivity (Wildman–Crippen MR) is 80.2 cm³/mol. The van der Waals surface area contributed by atoms with E-state index in [4.69, 9.17) is 5.73 Å². The average molecular weight is 253 g/mol. The Balaban J connectivity index is 2.24. The number of aryl methyl sites for hydroxylation is 3. The number of benzene rings is 1. The second-order valence-electron chi connectivity index (χ2n) is 5.16. The summed E-state index contributed by atoms with van der Waals surface area (Å²) >= 11 is 0. The van der Waals surface area contributed by atoms with Crippen LogP contribution in [0.25, 0.3) is 22.3 Å². The molecule has 0 aliphatic rings. The van der Waals surface area contributed by atoms with Crippen molar-refractivity contribution in [1.29, 1.82) is 0 Å². The van der Waals surface area contributed by atoms with Gasteiger partial charge in [-0.05, 0) is 43.5 Å². The number of H-pyrrole nitrogens is 2. The maximum Gasteiger partial charge on any atom is 0.0660 e. The van der Waals surface area contributed by atoms with Gasteiger partial charge >= 0.3 is 0 Å². The van der Waals surface area contributed by atoms with E-state index in [0.29, 0.717) is 6.54 Å². The van der Waals surface area contributed by atoms with E-state index in [-0.39, 0.29) is 0 Å². The first-order valence-corrected chi connectivity index (χ1v) is 6.58. The molecular formula is C16H19N3. The third-order valence-corrected chi connectivity index (χ3v) is 3.91. The first-order valence-electron chi connectivity index (χ1n) is 6.58. The van der Waals surface area contributed by atoms with Gasteiger partial charge in [0.2, 0.25) is 0 Å². The summed E-state index contributed by atoms with van der Waals surface area (Å²) < 4.78 is 0. The number of hydrogen-bond donors (Lipinski definition) is 3. The summed E-state index contributed by atoms with van der Waals surface area (Å²) in [5, 5.41) is 1.29. The minimum absolute atomic E-state index is 0.570. The van der Waals surface area contributed by atoms with Gasteiger partial charge in [0.15, 0.2) is 0 Å². The molecule has 3 heteroatoms. The minimum atomic E-state index is 0.570. The van der Waals surface area contributed by atoms with Crippen molar-refractivity contribution in [3.05, 3.63) is 46.6 Å².